The second-order valence-corrected chi connectivity index (χ2v) is 5.43. The highest BCUT2D eigenvalue weighted by Gasteiger charge is 2.23. The normalized spacial score (nSPS) is 18.3. The first kappa shape index (κ1) is 13.8. The van der Waals surface area contributed by atoms with Gasteiger partial charge in [-0.05, 0) is 25.3 Å². The third-order valence-electron chi connectivity index (χ3n) is 4.02. The Hall–Kier alpha value is -2.81. The van der Waals surface area contributed by atoms with Crippen molar-refractivity contribution in [2.24, 2.45) is 0 Å². The highest BCUT2D eigenvalue weighted by molar-refractivity contribution is 5.90. The first-order valence-electron chi connectivity index (χ1n) is 7.36. The molecule has 0 saturated carbocycles. The van der Waals surface area contributed by atoms with Gasteiger partial charge in [0.25, 0.3) is 5.69 Å². The molecule has 3 aromatic rings. The molecule has 1 fully saturated rings. The molecule has 118 valence electrons. The van der Waals surface area contributed by atoms with Crippen LogP contribution in [0.4, 0.5) is 5.69 Å². The van der Waals surface area contributed by atoms with Crippen molar-refractivity contribution < 1.29 is 9.66 Å². The number of benzene rings is 1. The molecule has 1 aliphatic rings. The molecule has 1 aliphatic heterocycles. The highest BCUT2D eigenvalue weighted by atomic mass is 16.6. The molecule has 1 atom stereocenters. The van der Waals surface area contributed by atoms with Crippen LogP contribution in [0.15, 0.2) is 31.0 Å². The SMILES string of the molecule is O=[N+]([O-])c1cc(-n2cnnc2)cc2c1cnn2C1CCCCO1. The smallest absolute Gasteiger partial charge is 0.282 e. The van der Waals surface area contributed by atoms with Crippen LogP contribution in [0.3, 0.4) is 0 Å². The first-order chi connectivity index (χ1) is 11.2. The fraction of sp³-hybridized carbons (Fsp3) is 0.357. The lowest BCUT2D eigenvalue weighted by Crippen LogP contribution is -2.19. The Labute approximate surface area is 130 Å². The lowest BCUT2D eigenvalue weighted by Gasteiger charge is -2.23. The lowest BCUT2D eigenvalue weighted by atomic mass is 10.1. The van der Waals surface area contributed by atoms with Gasteiger partial charge in [0.1, 0.15) is 12.7 Å². The number of non-ortho nitro benzene ring substituents is 1. The molecule has 0 aliphatic carbocycles. The lowest BCUT2D eigenvalue weighted by molar-refractivity contribution is -0.383. The number of rotatable bonds is 3. The van der Waals surface area contributed by atoms with E-state index in [0.29, 0.717) is 23.2 Å². The summed E-state index contributed by atoms with van der Waals surface area (Å²) in [6, 6.07) is 3.34. The van der Waals surface area contributed by atoms with Gasteiger partial charge in [0.15, 0.2) is 6.23 Å². The maximum absolute atomic E-state index is 11.4. The van der Waals surface area contributed by atoms with Gasteiger partial charge in [0, 0.05) is 12.7 Å². The maximum Gasteiger partial charge on any atom is 0.282 e. The molecule has 1 aromatic carbocycles. The molecular weight excluding hydrogens is 300 g/mol. The Balaban J connectivity index is 1.91. The summed E-state index contributed by atoms with van der Waals surface area (Å²) in [4.78, 5) is 11.0. The average Bonchev–Trinajstić information content (AvgIpc) is 3.24. The Morgan fingerprint density at radius 1 is 1.26 bits per heavy atom. The number of fused-ring (bicyclic) bond motifs is 1. The van der Waals surface area contributed by atoms with E-state index in [-0.39, 0.29) is 11.9 Å². The van der Waals surface area contributed by atoms with E-state index in [0.717, 1.165) is 19.3 Å². The third kappa shape index (κ3) is 2.34. The molecule has 0 spiro atoms. The summed E-state index contributed by atoms with van der Waals surface area (Å²) >= 11 is 0. The predicted octanol–water partition coefficient (Wildman–Crippen LogP) is 2.22. The van der Waals surface area contributed by atoms with Crippen molar-refractivity contribution in [2.45, 2.75) is 25.5 Å². The van der Waals surface area contributed by atoms with Gasteiger partial charge in [0.2, 0.25) is 0 Å². The van der Waals surface area contributed by atoms with E-state index in [2.05, 4.69) is 15.3 Å². The maximum atomic E-state index is 11.4. The number of aromatic nitrogens is 5. The molecule has 3 heterocycles. The Morgan fingerprint density at radius 2 is 2.09 bits per heavy atom. The summed E-state index contributed by atoms with van der Waals surface area (Å²) < 4.78 is 9.12. The zero-order valence-electron chi connectivity index (χ0n) is 12.2. The third-order valence-corrected chi connectivity index (χ3v) is 4.02. The van der Waals surface area contributed by atoms with Gasteiger partial charge in [-0.3, -0.25) is 14.7 Å². The number of hydrogen-bond acceptors (Lipinski definition) is 6. The molecule has 2 aromatic heterocycles. The number of hydrogen-bond donors (Lipinski definition) is 0. The van der Waals surface area contributed by atoms with Gasteiger partial charge >= 0.3 is 0 Å². The Kier molecular flexibility index (Phi) is 3.27. The van der Waals surface area contributed by atoms with Crippen LogP contribution in [0.1, 0.15) is 25.5 Å². The quantitative estimate of drug-likeness (QED) is 0.542. The first-order valence-corrected chi connectivity index (χ1v) is 7.36. The Morgan fingerprint density at radius 3 is 2.78 bits per heavy atom. The molecule has 1 saturated heterocycles. The van der Waals surface area contributed by atoms with Gasteiger partial charge in [-0.25, -0.2) is 4.68 Å². The molecule has 0 bridgehead atoms. The minimum Gasteiger partial charge on any atom is -0.356 e. The number of ether oxygens (including phenoxy) is 1. The number of nitro groups is 1. The highest BCUT2D eigenvalue weighted by Crippen LogP contribution is 2.32. The van der Waals surface area contributed by atoms with Crippen molar-refractivity contribution in [1.29, 1.82) is 0 Å². The van der Waals surface area contributed by atoms with E-state index in [9.17, 15) is 10.1 Å². The standard InChI is InChI=1S/C14H14N6O3/c21-20(22)13-6-10(18-8-15-16-9-18)5-12-11(13)7-17-19(12)14-3-1-2-4-23-14/h5-9,14H,1-4H2. The summed E-state index contributed by atoms with van der Waals surface area (Å²) in [6.45, 7) is 0.680. The molecule has 4 rings (SSSR count). The summed E-state index contributed by atoms with van der Waals surface area (Å²) in [7, 11) is 0. The van der Waals surface area contributed by atoms with Crippen LogP contribution in [0.2, 0.25) is 0 Å². The average molecular weight is 314 g/mol. The van der Waals surface area contributed by atoms with Gasteiger partial charge in [-0.1, -0.05) is 0 Å². The van der Waals surface area contributed by atoms with Crippen molar-refractivity contribution in [1.82, 2.24) is 24.5 Å². The fourth-order valence-corrected chi connectivity index (χ4v) is 2.89. The van der Waals surface area contributed by atoms with Gasteiger partial charge in [-0.15, -0.1) is 10.2 Å². The number of nitrogens with zero attached hydrogens (tertiary/aromatic N) is 6. The molecule has 9 nitrogen and oxygen atoms in total. The molecule has 0 radical (unpaired) electrons. The number of nitro benzene ring substituents is 1. The van der Waals surface area contributed by atoms with Crippen molar-refractivity contribution in [3.63, 3.8) is 0 Å². The molecule has 0 amide bonds. The van der Waals surface area contributed by atoms with Crippen LogP contribution >= 0.6 is 0 Å². The van der Waals surface area contributed by atoms with E-state index < -0.39 is 4.92 Å². The second kappa shape index (κ2) is 5.43. The van der Waals surface area contributed by atoms with E-state index >= 15 is 0 Å². The fourth-order valence-electron chi connectivity index (χ4n) is 2.89. The summed E-state index contributed by atoms with van der Waals surface area (Å²) in [6.07, 6.45) is 7.28. The van der Waals surface area contributed by atoms with Crippen LogP contribution in [-0.2, 0) is 4.74 Å². The second-order valence-electron chi connectivity index (χ2n) is 5.43. The van der Waals surface area contributed by atoms with Crippen LogP contribution in [0, 0.1) is 10.1 Å². The molecule has 1 unspecified atom stereocenters. The van der Waals surface area contributed by atoms with Crippen LogP contribution in [-0.4, -0.2) is 36.1 Å². The zero-order valence-corrected chi connectivity index (χ0v) is 12.2. The monoisotopic (exact) mass is 314 g/mol. The van der Waals surface area contributed by atoms with Crippen LogP contribution < -0.4 is 0 Å². The van der Waals surface area contributed by atoms with E-state index in [4.69, 9.17) is 4.74 Å². The van der Waals surface area contributed by atoms with Crippen LogP contribution in [0.5, 0.6) is 0 Å². The summed E-state index contributed by atoms with van der Waals surface area (Å²) in [5.74, 6) is 0. The summed E-state index contributed by atoms with van der Waals surface area (Å²) in [5, 5.41) is 23.7. The van der Waals surface area contributed by atoms with Crippen molar-refractivity contribution in [3.8, 4) is 5.69 Å². The van der Waals surface area contributed by atoms with E-state index in [1.807, 2.05) is 6.07 Å². The van der Waals surface area contributed by atoms with E-state index in [1.54, 1.807) is 9.25 Å². The van der Waals surface area contributed by atoms with Gasteiger partial charge < -0.3 is 4.74 Å². The molecule has 0 N–H and O–H groups in total. The molecular formula is C14H14N6O3. The van der Waals surface area contributed by atoms with Crippen LogP contribution in [0.25, 0.3) is 16.6 Å². The largest absolute Gasteiger partial charge is 0.356 e. The molecule has 9 heteroatoms. The topological polar surface area (TPSA) is 101 Å². The Bertz CT molecular complexity index is 851. The van der Waals surface area contributed by atoms with Crippen molar-refractivity contribution in [2.75, 3.05) is 6.61 Å². The van der Waals surface area contributed by atoms with Gasteiger partial charge in [-0.2, -0.15) is 5.10 Å². The van der Waals surface area contributed by atoms with Crippen molar-refractivity contribution >= 4 is 16.6 Å². The minimum atomic E-state index is -0.399. The van der Waals surface area contributed by atoms with Gasteiger partial charge in [0.05, 0.1) is 27.7 Å². The summed E-state index contributed by atoms with van der Waals surface area (Å²) in [5.41, 5.74) is 1.30. The molecule has 23 heavy (non-hydrogen) atoms. The minimum absolute atomic E-state index is 0.00765. The predicted molar refractivity (Wildman–Crippen MR) is 80.1 cm³/mol. The van der Waals surface area contributed by atoms with Crippen molar-refractivity contribution in [3.05, 3.63) is 41.1 Å². The zero-order chi connectivity index (χ0) is 15.8. The van der Waals surface area contributed by atoms with E-state index in [1.165, 1.54) is 24.9 Å².